The van der Waals surface area contributed by atoms with E-state index in [-0.39, 0.29) is 11.9 Å². The summed E-state index contributed by atoms with van der Waals surface area (Å²) in [7, 11) is 0. The zero-order chi connectivity index (χ0) is 13.7. The third kappa shape index (κ3) is 1.96. The summed E-state index contributed by atoms with van der Waals surface area (Å²) in [6.07, 6.45) is 5.09. The Kier molecular flexibility index (Phi) is 2.68. The molecule has 4 aliphatic rings. The Morgan fingerprint density at radius 1 is 1.10 bits per heavy atom. The SMILES string of the molecule is O=C(NC1[C@@H]2CC3C[C@H]1CC(O)(C3)C2)c1ccccc1. The summed E-state index contributed by atoms with van der Waals surface area (Å²) >= 11 is 0. The molecule has 106 valence electrons. The Balaban J connectivity index is 1.52. The lowest BCUT2D eigenvalue weighted by Gasteiger charge is -2.58. The molecule has 4 fully saturated rings. The smallest absolute Gasteiger partial charge is 0.251 e. The van der Waals surface area contributed by atoms with Gasteiger partial charge in [0.2, 0.25) is 0 Å². The summed E-state index contributed by atoms with van der Waals surface area (Å²) in [5.41, 5.74) is 0.310. The molecule has 0 heterocycles. The maximum absolute atomic E-state index is 12.3. The number of hydrogen-bond acceptors (Lipinski definition) is 2. The van der Waals surface area contributed by atoms with Crippen molar-refractivity contribution in [3.63, 3.8) is 0 Å². The van der Waals surface area contributed by atoms with Crippen LogP contribution in [0.5, 0.6) is 0 Å². The molecule has 20 heavy (non-hydrogen) atoms. The largest absolute Gasteiger partial charge is 0.390 e. The van der Waals surface area contributed by atoms with Crippen LogP contribution in [0.25, 0.3) is 0 Å². The first-order chi connectivity index (χ1) is 9.63. The molecule has 5 rings (SSSR count). The quantitative estimate of drug-likeness (QED) is 0.867. The third-order valence-corrected chi connectivity index (χ3v) is 5.57. The molecule has 0 saturated heterocycles. The van der Waals surface area contributed by atoms with E-state index >= 15 is 0 Å². The van der Waals surface area contributed by atoms with Gasteiger partial charge < -0.3 is 10.4 Å². The van der Waals surface area contributed by atoms with E-state index in [0.717, 1.165) is 24.8 Å². The number of carbonyl (C=O) groups excluding carboxylic acids is 1. The van der Waals surface area contributed by atoms with E-state index in [0.29, 0.717) is 17.8 Å². The van der Waals surface area contributed by atoms with Crippen molar-refractivity contribution in [2.24, 2.45) is 17.8 Å². The van der Waals surface area contributed by atoms with Crippen LogP contribution in [0.2, 0.25) is 0 Å². The number of carbonyl (C=O) groups is 1. The molecule has 1 amide bonds. The molecule has 2 N–H and O–H groups in total. The normalized spacial score (nSPS) is 41.6. The van der Waals surface area contributed by atoms with Gasteiger partial charge in [-0.25, -0.2) is 0 Å². The first-order valence-electron chi connectivity index (χ1n) is 7.71. The van der Waals surface area contributed by atoms with Gasteiger partial charge in [-0.2, -0.15) is 0 Å². The molecule has 0 radical (unpaired) electrons. The van der Waals surface area contributed by atoms with Gasteiger partial charge in [-0.3, -0.25) is 4.79 Å². The lowest BCUT2D eigenvalue weighted by molar-refractivity contribution is -0.136. The molecule has 4 aliphatic carbocycles. The molecular weight excluding hydrogens is 250 g/mol. The van der Waals surface area contributed by atoms with E-state index in [1.54, 1.807) is 0 Å². The van der Waals surface area contributed by atoms with Gasteiger partial charge in [-0.1, -0.05) is 18.2 Å². The van der Waals surface area contributed by atoms with E-state index in [4.69, 9.17) is 0 Å². The van der Waals surface area contributed by atoms with Crippen molar-refractivity contribution >= 4 is 5.91 Å². The van der Waals surface area contributed by atoms with Gasteiger partial charge >= 0.3 is 0 Å². The zero-order valence-corrected chi connectivity index (χ0v) is 11.6. The van der Waals surface area contributed by atoms with Crippen molar-refractivity contribution in [2.45, 2.75) is 43.7 Å². The summed E-state index contributed by atoms with van der Waals surface area (Å²) in [6.45, 7) is 0. The summed E-state index contributed by atoms with van der Waals surface area (Å²) in [6, 6.07) is 9.70. The highest BCUT2D eigenvalue weighted by Gasteiger charge is 2.54. The molecule has 4 saturated carbocycles. The number of amides is 1. The lowest BCUT2D eigenvalue weighted by Crippen LogP contribution is -2.61. The van der Waals surface area contributed by atoms with Crippen LogP contribution in [-0.2, 0) is 0 Å². The Labute approximate surface area is 119 Å². The molecule has 1 aromatic rings. The first kappa shape index (κ1) is 12.4. The highest BCUT2D eigenvalue weighted by Crippen LogP contribution is 2.55. The van der Waals surface area contributed by atoms with Crippen LogP contribution in [0.15, 0.2) is 30.3 Å². The van der Waals surface area contributed by atoms with Gasteiger partial charge in [0.1, 0.15) is 0 Å². The summed E-state index contributed by atoms with van der Waals surface area (Å²) in [4.78, 5) is 12.3. The minimum atomic E-state index is -0.426. The molecular formula is C17H21NO2. The van der Waals surface area contributed by atoms with E-state index in [9.17, 15) is 9.90 Å². The van der Waals surface area contributed by atoms with Crippen LogP contribution in [0, 0.1) is 17.8 Å². The highest BCUT2D eigenvalue weighted by atomic mass is 16.3. The fraction of sp³-hybridized carbons (Fsp3) is 0.588. The van der Waals surface area contributed by atoms with Gasteiger partial charge in [-0.05, 0) is 62.0 Å². The third-order valence-electron chi connectivity index (χ3n) is 5.57. The average Bonchev–Trinajstić information content (AvgIpc) is 2.42. The number of benzene rings is 1. The Morgan fingerprint density at radius 2 is 1.75 bits per heavy atom. The average molecular weight is 271 g/mol. The van der Waals surface area contributed by atoms with E-state index in [1.807, 2.05) is 30.3 Å². The van der Waals surface area contributed by atoms with Crippen LogP contribution >= 0.6 is 0 Å². The number of nitrogens with one attached hydrogen (secondary N) is 1. The number of hydrogen-bond donors (Lipinski definition) is 2. The lowest BCUT2D eigenvalue weighted by atomic mass is 9.52. The first-order valence-corrected chi connectivity index (χ1v) is 7.71. The van der Waals surface area contributed by atoms with Crippen molar-refractivity contribution in [1.82, 2.24) is 5.32 Å². The fourth-order valence-electron chi connectivity index (χ4n) is 5.04. The topological polar surface area (TPSA) is 49.3 Å². The van der Waals surface area contributed by atoms with Crippen molar-refractivity contribution < 1.29 is 9.90 Å². The molecule has 4 bridgehead atoms. The second kappa shape index (κ2) is 4.32. The highest BCUT2D eigenvalue weighted by molar-refractivity contribution is 5.94. The van der Waals surface area contributed by atoms with Gasteiger partial charge in [0.05, 0.1) is 5.60 Å². The van der Waals surface area contributed by atoms with Crippen molar-refractivity contribution in [3.05, 3.63) is 35.9 Å². The standard InChI is InChI=1S/C17H21NO2/c19-16(12-4-2-1-3-5-12)18-15-13-6-11-7-14(15)10-17(20,8-11)9-13/h1-5,11,13-15,20H,6-10H2,(H,18,19)/t11?,13-,14+,15?,17?. The van der Waals surface area contributed by atoms with Gasteiger partial charge in [0, 0.05) is 11.6 Å². The van der Waals surface area contributed by atoms with Gasteiger partial charge in [-0.15, -0.1) is 0 Å². The molecule has 5 atom stereocenters. The molecule has 3 unspecified atom stereocenters. The Bertz CT molecular complexity index is 511. The second-order valence-electron chi connectivity index (χ2n) is 7.06. The van der Waals surface area contributed by atoms with Crippen LogP contribution in [-0.4, -0.2) is 22.7 Å². The van der Waals surface area contributed by atoms with E-state index in [1.165, 1.54) is 12.8 Å². The molecule has 3 nitrogen and oxygen atoms in total. The van der Waals surface area contributed by atoms with Crippen molar-refractivity contribution in [3.8, 4) is 0 Å². The summed E-state index contributed by atoms with van der Waals surface area (Å²) < 4.78 is 0. The summed E-state index contributed by atoms with van der Waals surface area (Å²) in [5.74, 6) is 1.66. The second-order valence-corrected chi connectivity index (χ2v) is 7.06. The Hall–Kier alpha value is -1.35. The molecule has 0 spiro atoms. The molecule has 0 aliphatic heterocycles. The van der Waals surface area contributed by atoms with Gasteiger partial charge in [0.15, 0.2) is 0 Å². The van der Waals surface area contributed by atoms with Crippen molar-refractivity contribution in [1.29, 1.82) is 0 Å². The minimum absolute atomic E-state index is 0.0371. The summed E-state index contributed by atoms with van der Waals surface area (Å²) in [5, 5.41) is 13.8. The number of aliphatic hydroxyl groups is 1. The fourth-order valence-corrected chi connectivity index (χ4v) is 5.04. The van der Waals surface area contributed by atoms with Crippen LogP contribution < -0.4 is 5.32 Å². The van der Waals surface area contributed by atoms with E-state index < -0.39 is 5.60 Å². The molecule has 0 aromatic heterocycles. The maximum Gasteiger partial charge on any atom is 0.251 e. The van der Waals surface area contributed by atoms with Crippen LogP contribution in [0.4, 0.5) is 0 Å². The number of rotatable bonds is 2. The zero-order valence-electron chi connectivity index (χ0n) is 11.6. The Morgan fingerprint density at radius 3 is 2.35 bits per heavy atom. The van der Waals surface area contributed by atoms with E-state index in [2.05, 4.69) is 5.32 Å². The monoisotopic (exact) mass is 271 g/mol. The predicted octanol–water partition coefficient (Wildman–Crippen LogP) is 2.36. The minimum Gasteiger partial charge on any atom is -0.390 e. The van der Waals surface area contributed by atoms with Crippen LogP contribution in [0.1, 0.15) is 42.5 Å². The maximum atomic E-state index is 12.3. The predicted molar refractivity (Wildman–Crippen MR) is 76.2 cm³/mol. The molecule has 1 aromatic carbocycles. The van der Waals surface area contributed by atoms with Gasteiger partial charge in [0.25, 0.3) is 5.91 Å². The molecule has 3 heteroatoms. The van der Waals surface area contributed by atoms with Crippen LogP contribution in [0.3, 0.4) is 0 Å². The van der Waals surface area contributed by atoms with Crippen molar-refractivity contribution in [2.75, 3.05) is 0 Å².